The molecule has 0 bridgehead atoms. The van der Waals surface area contributed by atoms with Crippen molar-refractivity contribution in [3.05, 3.63) is 90.0 Å². The average Bonchev–Trinajstić information content (AvgIpc) is 3.11. The Morgan fingerprint density at radius 3 is 2.45 bits per heavy atom. The first-order valence-corrected chi connectivity index (χ1v) is 11.3. The molecule has 0 atom stereocenters. The Balaban J connectivity index is 0.000000330. The van der Waals surface area contributed by atoms with Crippen LogP contribution in [-0.2, 0) is 11.3 Å². The molecule has 1 N–H and O–H groups in total. The molecule has 0 saturated carbocycles. The fraction of sp³-hybridized carbons (Fsp3) is 0.280. The molecule has 4 rings (SSSR count). The number of benzene rings is 2. The number of aromatic nitrogens is 3. The van der Waals surface area contributed by atoms with Gasteiger partial charge in [-0.25, -0.2) is 4.98 Å². The Morgan fingerprint density at radius 1 is 1.00 bits per heavy atom. The van der Waals surface area contributed by atoms with Gasteiger partial charge < -0.3 is 9.30 Å². The van der Waals surface area contributed by atoms with Crippen LogP contribution in [0.15, 0.2) is 78.0 Å². The molecule has 0 fully saturated rings. The molecule has 0 saturated heterocycles. The molecule has 0 aliphatic carbocycles. The molecule has 0 aliphatic rings. The Morgan fingerprint density at radius 2 is 1.77 bits per heavy atom. The number of nitrogens with zero attached hydrogens (tertiary/aromatic N) is 3. The lowest BCUT2D eigenvalue weighted by Gasteiger charge is -2.08. The number of fused-ring (bicyclic) bond motifs is 1. The molecular weight excluding hydrogens is 404 g/mol. The highest BCUT2D eigenvalue weighted by molar-refractivity contribution is 7.97. The zero-order valence-electron chi connectivity index (χ0n) is 18.4. The number of aryl methyl sites for hydroxylation is 2. The number of imidazole rings is 1. The van der Waals surface area contributed by atoms with Crippen molar-refractivity contribution in [2.45, 2.75) is 32.2 Å². The van der Waals surface area contributed by atoms with Gasteiger partial charge in [0, 0.05) is 30.8 Å². The first-order valence-electron chi connectivity index (χ1n) is 10.5. The average molecular weight is 435 g/mol. The molecule has 2 aromatic carbocycles. The van der Waals surface area contributed by atoms with Gasteiger partial charge in [-0.05, 0) is 56.5 Å². The van der Waals surface area contributed by atoms with Crippen LogP contribution in [0.2, 0.25) is 0 Å². The second-order valence-corrected chi connectivity index (χ2v) is 8.07. The van der Waals surface area contributed by atoms with Crippen molar-refractivity contribution in [3.8, 4) is 0 Å². The van der Waals surface area contributed by atoms with Gasteiger partial charge >= 0.3 is 0 Å². The van der Waals surface area contributed by atoms with Crippen LogP contribution in [0.4, 0.5) is 0 Å². The van der Waals surface area contributed by atoms with E-state index in [-0.39, 0.29) is 0 Å². The Bertz CT molecular complexity index is 1050. The van der Waals surface area contributed by atoms with Crippen LogP contribution in [0.1, 0.15) is 23.9 Å². The third-order valence-corrected chi connectivity index (χ3v) is 5.54. The molecule has 5 nitrogen and oxygen atoms in total. The molecule has 4 aromatic rings. The van der Waals surface area contributed by atoms with Gasteiger partial charge in [0.1, 0.15) is 5.82 Å². The number of nitrogens with one attached hydrogen (secondary N) is 1. The van der Waals surface area contributed by atoms with Crippen LogP contribution in [-0.4, -0.2) is 34.3 Å². The maximum Gasteiger partial charge on any atom is 0.107 e. The summed E-state index contributed by atoms with van der Waals surface area (Å²) in [6.45, 7) is 9.27. The number of hydrogen-bond acceptors (Lipinski definition) is 5. The first-order chi connectivity index (χ1) is 15.2. The fourth-order valence-electron chi connectivity index (χ4n) is 3.06. The molecule has 0 radical (unpaired) electrons. The van der Waals surface area contributed by atoms with Gasteiger partial charge in [-0.2, -0.15) is 0 Å². The van der Waals surface area contributed by atoms with Gasteiger partial charge in [0.25, 0.3) is 0 Å². The number of rotatable bonds is 8. The van der Waals surface area contributed by atoms with Crippen LogP contribution in [0.5, 0.6) is 0 Å². The lowest BCUT2D eigenvalue weighted by Crippen LogP contribution is -2.12. The number of pyridine rings is 1. The Labute approximate surface area is 189 Å². The van der Waals surface area contributed by atoms with Crippen LogP contribution >= 0.6 is 11.9 Å². The molecule has 31 heavy (non-hydrogen) atoms. The van der Waals surface area contributed by atoms with E-state index >= 15 is 0 Å². The van der Waals surface area contributed by atoms with Crippen molar-refractivity contribution < 1.29 is 4.74 Å². The zero-order valence-corrected chi connectivity index (χ0v) is 19.2. The maximum absolute atomic E-state index is 5.31. The summed E-state index contributed by atoms with van der Waals surface area (Å²) in [4.78, 5) is 10.0. The molecule has 0 spiro atoms. The number of ether oxygens (including phenoxy) is 1. The Kier molecular flexibility index (Phi) is 9.09. The van der Waals surface area contributed by atoms with E-state index in [0.717, 1.165) is 43.2 Å². The molecule has 0 amide bonds. The van der Waals surface area contributed by atoms with Crippen molar-refractivity contribution in [1.82, 2.24) is 19.3 Å². The van der Waals surface area contributed by atoms with Gasteiger partial charge in [0.05, 0.1) is 23.8 Å². The summed E-state index contributed by atoms with van der Waals surface area (Å²) in [6.07, 6.45) is 3.66. The van der Waals surface area contributed by atoms with Gasteiger partial charge in [-0.3, -0.25) is 9.71 Å². The fourth-order valence-corrected chi connectivity index (χ4v) is 3.69. The Hall–Kier alpha value is -2.67. The van der Waals surface area contributed by atoms with Crippen molar-refractivity contribution >= 4 is 23.0 Å². The lowest BCUT2D eigenvalue weighted by molar-refractivity contribution is 0.153. The molecular formula is C25H30N4OS. The topological polar surface area (TPSA) is 52.0 Å². The second-order valence-electron chi connectivity index (χ2n) is 7.10. The summed E-state index contributed by atoms with van der Waals surface area (Å²) in [5.74, 6) is 1.01. The van der Waals surface area contributed by atoms with E-state index in [9.17, 15) is 0 Å². The SMILES string of the molecule is CCOCCNSc1ccc(Cn2c(C)nc3ccncc32)cc1.Cc1ccccc1. The van der Waals surface area contributed by atoms with Crippen molar-refractivity contribution in [2.75, 3.05) is 19.8 Å². The largest absolute Gasteiger partial charge is 0.380 e. The minimum Gasteiger partial charge on any atom is -0.380 e. The number of hydrogen-bond donors (Lipinski definition) is 1. The lowest BCUT2D eigenvalue weighted by atomic mass is 10.2. The van der Waals surface area contributed by atoms with E-state index in [4.69, 9.17) is 4.74 Å². The molecule has 2 aromatic heterocycles. The second kappa shape index (κ2) is 12.2. The maximum atomic E-state index is 5.31. The highest BCUT2D eigenvalue weighted by Crippen LogP contribution is 2.19. The van der Waals surface area contributed by atoms with Gasteiger partial charge in [-0.1, -0.05) is 48.0 Å². The van der Waals surface area contributed by atoms with E-state index < -0.39 is 0 Å². The van der Waals surface area contributed by atoms with Gasteiger partial charge in [0.15, 0.2) is 0 Å². The molecule has 6 heteroatoms. The van der Waals surface area contributed by atoms with E-state index in [1.807, 2.05) is 44.3 Å². The summed E-state index contributed by atoms with van der Waals surface area (Å²) < 4.78 is 10.8. The van der Waals surface area contributed by atoms with Crippen LogP contribution in [0.3, 0.4) is 0 Å². The van der Waals surface area contributed by atoms with Gasteiger partial charge in [0.2, 0.25) is 0 Å². The minimum atomic E-state index is 0.739. The monoisotopic (exact) mass is 434 g/mol. The highest BCUT2D eigenvalue weighted by atomic mass is 32.2. The van der Waals surface area contributed by atoms with Crippen molar-refractivity contribution in [3.63, 3.8) is 0 Å². The van der Waals surface area contributed by atoms with Crippen molar-refractivity contribution in [2.24, 2.45) is 0 Å². The smallest absolute Gasteiger partial charge is 0.107 e. The molecule has 0 unspecified atom stereocenters. The molecule has 162 valence electrons. The van der Waals surface area contributed by atoms with E-state index in [1.54, 1.807) is 18.1 Å². The third-order valence-electron chi connectivity index (χ3n) is 4.69. The predicted octanol–water partition coefficient (Wildman–Crippen LogP) is 5.42. The third kappa shape index (κ3) is 7.21. The summed E-state index contributed by atoms with van der Waals surface area (Å²) in [7, 11) is 0. The summed E-state index contributed by atoms with van der Waals surface area (Å²) in [6, 6.07) is 20.8. The molecule has 0 aliphatic heterocycles. The van der Waals surface area contributed by atoms with E-state index in [1.165, 1.54) is 16.0 Å². The van der Waals surface area contributed by atoms with Crippen molar-refractivity contribution in [1.29, 1.82) is 0 Å². The summed E-state index contributed by atoms with van der Waals surface area (Å²) >= 11 is 1.63. The van der Waals surface area contributed by atoms with Gasteiger partial charge in [-0.15, -0.1) is 0 Å². The quantitative estimate of drug-likeness (QED) is 0.297. The van der Waals surface area contributed by atoms with Crippen LogP contribution in [0, 0.1) is 13.8 Å². The van der Waals surface area contributed by atoms with E-state index in [0.29, 0.717) is 0 Å². The molecule has 2 heterocycles. The van der Waals surface area contributed by atoms with Crippen LogP contribution < -0.4 is 4.72 Å². The van der Waals surface area contributed by atoms with E-state index in [2.05, 4.69) is 62.6 Å². The minimum absolute atomic E-state index is 0.739. The van der Waals surface area contributed by atoms with Crippen LogP contribution in [0.25, 0.3) is 11.0 Å². The predicted molar refractivity (Wildman–Crippen MR) is 129 cm³/mol. The summed E-state index contributed by atoms with van der Waals surface area (Å²) in [5, 5.41) is 0. The first kappa shape index (κ1) is 23.0. The summed E-state index contributed by atoms with van der Waals surface area (Å²) in [5.41, 5.74) is 4.64. The highest BCUT2D eigenvalue weighted by Gasteiger charge is 2.07. The standard InChI is InChI=1S/C18H22N4OS.C7H8/c1-3-23-11-10-20-24-16-6-4-15(5-7-16)13-22-14(2)21-17-8-9-19-12-18(17)22;1-7-5-3-2-4-6-7/h4-9,12,20H,3,10-11,13H2,1-2H3;2-6H,1H3. The zero-order chi connectivity index (χ0) is 21.9. The normalized spacial score (nSPS) is 10.7.